The average molecular weight is 472 g/mol. The van der Waals surface area contributed by atoms with Gasteiger partial charge in [0.2, 0.25) is 12.7 Å². The van der Waals surface area contributed by atoms with Gasteiger partial charge in [-0.05, 0) is 49.2 Å². The Bertz CT molecular complexity index is 1230. The molecule has 8 nitrogen and oxygen atoms in total. The van der Waals surface area contributed by atoms with Crippen molar-refractivity contribution in [2.45, 2.75) is 18.8 Å². The lowest BCUT2D eigenvalue weighted by Gasteiger charge is -2.14. The number of carbonyl (C=O) groups is 2. The summed E-state index contributed by atoms with van der Waals surface area (Å²) < 4.78 is 15.9. The van der Waals surface area contributed by atoms with Crippen molar-refractivity contribution in [1.82, 2.24) is 4.98 Å². The van der Waals surface area contributed by atoms with E-state index in [0.717, 1.165) is 11.3 Å². The number of hydrogen-bond donors (Lipinski definition) is 2. The van der Waals surface area contributed by atoms with Crippen molar-refractivity contribution in [3.05, 3.63) is 57.6 Å². The average Bonchev–Trinajstić information content (AvgIpc) is 3.48. The lowest BCUT2D eigenvalue weighted by Crippen LogP contribution is -2.20. The molecule has 1 aliphatic carbocycles. The van der Waals surface area contributed by atoms with E-state index in [0.29, 0.717) is 50.8 Å². The zero-order chi connectivity index (χ0) is 22.2. The number of nitrogens with one attached hydrogen (secondary N) is 2. The van der Waals surface area contributed by atoms with Gasteiger partial charge in [-0.15, -0.1) is 11.3 Å². The van der Waals surface area contributed by atoms with E-state index >= 15 is 0 Å². The van der Waals surface area contributed by atoms with Crippen LogP contribution in [-0.2, 0) is 11.2 Å². The van der Waals surface area contributed by atoms with E-state index < -0.39 is 5.92 Å². The zero-order valence-corrected chi connectivity index (χ0v) is 18.5. The number of thiazole rings is 1. The van der Waals surface area contributed by atoms with E-state index in [1.54, 1.807) is 36.4 Å². The number of carbonyl (C=O) groups excluding carboxylic acids is 2. The first-order valence-corrected chi connectivity index (χ1v) is 11.1. The third-order valence-corrected chi connectivity index (χ3v) is 6.59. The maximum absolute atomic E-state index is 13.0. The Morgan fingerprint density at radius 3 is 2.84 bits per heavy atom. The van der Waals surface area contributed by atoms with Gasteiger partial charge in [0.15, 0.2) is 16.6 Å². The molecule has 2 heterocycles. The van der Waals surface area contributed by atoms with E-state index in [-0.39, 0.29) is 18.6 Å². The van der Waals surface area contributed by atoms with Crippen LogP contribution >= 0.6 is 22.9 Å². The van der Waals surface area contributed by atoms with E-state index in [9.17, 15) is 9.59 Å². The number of fused-ring (bicyclic) bond motifs is 2. The fourth-order valence-electron chi connectivity index (χ4n) is 3.74. The van der Waals surface area contributed by atoms with Crippen LogP contribution in [0.5, 0.6) is 17.2 Å². The third kappa shape index (κ3) is 3.85. The highest BCUT2D eigenvalue weighted by Crippen LogP contribution is 2.40. The first-order valence-electron chi connectivity index (χ1n) is 9.87. The molecule has 32 heavy (non-hydrogen) atoms. The molecule has 2 N–H and O–H groups in total. The Kier molecular flexibility index (Phi) is 5.36. The Balaban J connectivity index is 1.30. The Labute approximate surface area is 192 Å². The maximum Gasteiger partial charge on any atom is 0.257 e. The van der Waals surface area contributed by atoms with E-state index in [1.165, 1.54) is 18.4 Å². The quantitative estimate of drug-likeness (QED) is 0.570. The molecule has 1 aliphatic heterocycles. The van der Waals surface area contributed by atoms with E-state index in [1.807, 2.05) is 0 Å². The Morgan fingerprint density at radius 2 is 2.00 bits per heavy atom. The van der Waals surface area contributed by atoms with Crippen LogP contribution in [0, 0.1) is 0 Å². The highest BCUT2D eigenvalue weighted by Gasteiger charge is 2.33. The molecular formula is C22H18ClN3O5S. The first-order chi connectivity index (χ1) is 15.5. The highest BCUT2D eigenvalue weighted by molar-refractivity contribution is 7.16. The third-order valence-electron chi connectivity index (χ3n) is 5.31. The lowest BCUT2D eigenvalue weighted by atomic mass is 10.1. The summed E-state index contributed by atoms with van der Waals surface area (Å²) >= 11 is 7.44. The molecule has 0 saturated heterocycles. The van der Waals surface area contributed by atoms with Crippen molar-refractivity contribution in [1.29, 1.82) is 0 Å². The summed E-state index contributed by atoms with van der Waals surface area (Å²) in [6, 6.07) is 10.0. The van der Waals surface area contributed by atoms with Gasteiger partial charge < -0.3 is 19.5 Å². The van der Waals surface area contributed by atoms with Crippen molar-refractivity contribution in [2.24, 2.45) is 0 Å². The number of ether oxygens (including phenoxy) is 3. The van der Waals surface area contributed by atoms with Crippen molar-refractivity contribution in [2.75, 3.05) is 24.5 Å². The van der Waals surface area contributed by atoms with Gasteiger partial charge >= 0.3 is 0 Å². The van der Waals surface area contributed by atoms with E-state index in [4.69, 9.17) is 25.8 Å². The second-order valence-electron chi connectivity index (χ2n) is 7.27. The summed E-state index contributed by atoms with van der Waals surface area (Å²) in [5.41, 5.74) is 1.63. The molecule has 2 amide bonds. The van der Waals surface area contributed by atoms with Crippen LogP contribution < -0.4 is 24.8 Å². The van der Waals surface area contributed by atoms with E-state index in [2.05, 4.69) is 15.6 Å². The van der Waals surface area contributed by atoms with Crippen LogP contribution in [0.3, 0.4) is 0 Å². The molecule has 1 aromatic heterocycles. The number of aromatic nitrogens is 1. The van der Waals surface area contributed by atoms with Gasteiger partial charge in [-0.3, -0.25) is 14.9 Å². The van der Waals surface area contributed by atoms with Crippen LogP contribution in [0.1, 0.15) is 33.3 Å². The van der Waals surface area contributed by atoms with Crippen LogP contribution in [0.15, 0.2) is 36.4 Å². The fraction of sp³-hybridized carbons (Fsp3) is 0.227. The molecule has 2 aromatic carbocycles. The van der Waals surface area contributed by atoms with Crippen molar-refractivity contribution in [3.63, 3.8) is 0 Å². The van der Waals surface area contributed by atoms with Gasteiger partial charge in [-0.1, -0.05) is 11.6 Å². The molecule has 3 aromatic rings. The molecular weight excluding hydrogens is 454 g/mol. The number of nitrogens with zero attached hydrogens (tertiary/aromatic N) is 1. The molecule has 0 spiro atoms. The van der Waals surface area contributed by atoms with Crippen LogP contribution in [0.4, 0.5) is 10.8 Å². The monoisotopic (exact) mass is 471 g/mol. The smallest absolute Gasteiger partial charge is 0.257 e. The standard InChI is InChI=1S/C22H18ClN3O5S/c1-29-15-6-3-12(23)9-14(15)24-21(28)13-4-7-18-19(13)25-22(32-18)26-20(27)11-2-5-16-17(8-11)31-10-30-16/h2-3,5-6,8-9,13H,4,7,10H2,1H3,(H,24,28)(H,25,26,27). The highest BCUT2D eigenvalue weighted by atomic mass is 35.5. The molecule has 0 radical (unpaired) electrons. The number of methoxy groups -OCH3 is 1. The molecule has 0 fully saturated rings. The largest absolute Gasteiger partial charge is 0.495 e. The Hall–Kier alpha value is -3.30. The van der Waals surface area contributed by atoms with Gasteiger partial charge in [0.05, 0.1) is 24.4 Å². The molecule has 2 aliphatic rings. The van der Waals surface area contributed by atoms with Gasteiger partial charge in [0, 0.05) is 15.5 Å². The number of amides is 2. The summed E-state index contributed by atoms with van der Waals surface area (Å²) in [6.07, 6.45) is 1.37. The molecule has 164 valence electrons. The minimum absolute atomic E-state index is 0.143. The number of aryl methyl sites for hydroxylation is 1. The molecule has 5 rings (SSSR count). The number of anilines is 2. The van der Waals surface area contributed by atoms with Crippen LogP contribution in [0.2, 0.25) is 5.02 Å². The number of rotatable bonds is 5. The molecule has 0 bridgehead atoms. The SMILES string of the molecule is COc1ccc(Cl)cc1NC(=O)C1CCc2sc(NC(=O)c3ccc4c(c3)OCO4)nc21. The number of benzene rings is 2. The predicted molar refractivity (Wildman–Crippen MR) is 120 cm³/mol. The van der Waals surface area contributed by atoms with Crippen molar-refractivity contribution >= 4 is 45.6 Å². The number of halogens is 1. The maximum atomic E-state index is 13.0. The van der Waals surface area contributed by atoms with Crippen LogP contribution in [0.25, 0.3) is 0 Å². The van der Waals surface area contributed by atoms with Gasteiger partial charge in [-0.2, -0.15) is 0 Å². The summed E-state index contributed by atoms with van der Waals surface area (Å²) in [4.78, 5) is 31.1. The summed E-state index contributed by atoms with van der Waals surface area (Å²) in [6.45, 7) is 0.143. The van der Waals surface area contributed by atoms with Crippen molar-refractivity contribution < 1.29 is 23.8 Å². The summed E-state index contributed by atoms with van der Waals surface area (Å²) in [5.74, 6) is 0.758. The van der Waals surface area contributed by atoms with Crippen LogP contribution in [-0.4, -0.2) is 30.7 Å². The molecule has 1 unspecified atom stereocenters. The molecule has 0 saturated carbocycles. The summed E-state index contributed by atoms with van der Waals surface area (Å²) in [5, 5.41) is 6.65. The summed E-state index contributed by atoms with van der Waals surface area (Å²) in [7, 11) is 1.53. The zero-order valence-electron chi connectivity index (χ0n) is 16.9. The second-order valence-corrected chi connectivity index (χ2v) is 8.79. The lowest BCUT2D eigenvalue weighted by molar-refractivity contribution is -0.117. The normalized spacial score (nSPS) is 15.9. The minimum atomic E-state index is -0.416. The predicted octanol–water partition coefficient (Wildman–Crippen LogP) is 4.45. The topological polar surface area (TPSA) is 98.8 Å². The first kappa shape index (κ1) is 20.6. The fourth-order valence-corrected chi connectivity index (χ4v) is 4.95. The molecule has 1 atom stereocenters. The van der Waals surface area contributed by atoms with Gasteiger partial charge in [0.1, 0.15) is 5.75 Å². The second kappa shape index (κ2) is 8.33. The van der Waals surface area contributed by atoms with Gasteiger partial charge in [0.25, 0.3) is 5.91 Å². The van der Waals surface area contributed by atoms with Gasteiger partial charge in [-0.25, -0.2) is 4.98 Å². The minimum Gasteiger partial charge on any atom is -0.495 e. The Morgan fingerprint density at radius 1 is 1.16 bits per heavy atom. The number of hydrogen-bond acceptors (Lipinski definition) is 7. The molecule has 10 heteroatoms. The van der Waals surface area contributed by atoms with Crippen molar-refractivity contribution in [3.8, 4) is 17.2 Å².